The van der Waals surface area contributed by atoms with Gasteiger partial charge in [-0.15, -0.1) is 0 Å². The van der Waals surface area contributed by atoms with E-state index in [1.807, 2.05) is 0 Å². The van der Waals surface area contributed by atoms with E-state index in [4.69, 9.17) is 32.4 Å². The third kappa shape index (κ3) is 5.15. The summed E-state index contributed by atoms with van der Waals surface area (Å²) in [6.45, 7) is 0. The van der Waals surface area contributed by atoms with Gasteiger partial charge < -0.3 is 14.5 Å². The van der Waals surface area contributed by atoms with E-state index in [1.54, 1.807) is 6.07 Å². The Morgan fingerprint density at radius 1 is 1.09 bits per heavy atom. The van der Waals surface area contributed by atoms with Crippen LogP contribution in [0.2, 0.25) is 10.0 Å². The van der Waals surface area contributed by atoms with Gasteiger partial charge in [0.15, 0.2) is 0 Å². The Labute approximate surface area is 201 Å². The van der Waals surface area contributed by atoms with Gasteiger partial charge in [-0.2, -0.15) is 5.26 Å². The van der Waals surface area contributed by atoms with Crippen molar-refractivity contribution >= 4 is 52.2 Å². The fraction of sp³-hybridized carbons (Fsp3) is 0.0476. The molecule has 34 heavy (non-hydrogen) atoms. The molecule has 172 valence electrons. The molecule has 0 saturated heterocycles. The highest BCUT2D eigenvalue weighted by molar-refractivity contribution is 6.40. The van der Waals surface area contributed by atoms with Gasteiger partial charge in [-0.3, -0.25) is 25.0 Å². The minimum atomic E-state index is -0.897. The molecule has 0 fully saturated rings. The van der Waals surface area contributed by atoms with Crippen LogP contribution in [0.1, 0.15) is 5.76 Å². The Bertz CT molecular complexity index is 1370. The van der Waals surface area contributed by atoms with Gasteiger partial charge in [-0.05, 0) is 18.2 Å². The molecule has 11 nitrogen and oxygen atoms in total. The van der Waals surface area contributed by atoms with Crippen molar-refractivity contribution in [1.29, 1.82) is 5.26 Å². The lowest BCUT2D eigenvalue weighted by Crippen LogP contribution is -2.14. The molecular formula is C21H12Cl2N4O7. The largest absolute Gasteiger partial charge is 0.496 e. The van der Waals surface area contributed by atoms with Gasteiger partial charge in [-0.1, -0.05) is 23.2 Å². The number of benzene rings is 2. The first-order valence-corrected chi connectivity index (χ1v) is 9.89. The van der Waals surface area contributed by atoms with Crippen molar-refractivity contribution in [3.8, 4) is 23.1 Å². The quantitative estimate of drug-likeness (QED) is 0.188. The average Bonchev–Trinajstić information content (AvgIpc) is 3.27. The van der Waals surface area contributed by atoms with Crippen LogP contribution < -0.4 is 10.1 Å². The molecule has 0 aliphatic carbocycles. The Balaban J connectivity index is 1.90. The molecule has 0 radical (unpaired) electrons. The van der Waals surface area contributed by atoms with Gasteiger partial charge in [0.1, 0.15) is 28.9 Å². The second-order valence-electron chi connectivity index (χ2n) is 6.51. The number of amides is 1. The number of hydrogen-bond donors (Lipinski definition) is 1. The molecule has 3 rings (SSSR count). The zero-order chi connectivity index (χ0) is 25.0. The van der Waals surface area contributed by atoms with Crippen LogP contribution in [-0.2, 0) is 4.79 Å². The molecule has 13 heteroatoms. The fourth-order valence-electron chi connectivity index (χ4n) is 2.83. The van der Waals surface area contributed by atoms with E-state index in [0.29, 0.717) is 11.3 Å². The molecule has 1 aromatic heterocycles. The number of nitrogens with one attached hydrogen (secondary N) is 1. The maximum Gasteiger partial charge on any atom is 0.272 e. The first-order valence-electron chi connectivity index (χ1n) is 9.13. The number of nitro benzene ring substituents is 2. The number of furan rings is 1. The number of nitro groups is 2. The van der Waals surface area contributed by atoms with Crippen molar-refractivity contribution in [3.05, 3.63) is 84.1 Å². The van der Waals surface area contributed by atoms with E-state index in [1.165, 1.54) is 37.4 Å². The summed E-state index contributed by atoms with van der Waals surface area (Å²) >= 11 is 12.0. The Morgan fingerprint density at radius 3 is 2.29 bits per heavy atom. The summed E-state index contributed by atoms with van der Waals surface area (Å²) in [4.78, 5) is 33.3. The van der Waals surface area contributed by atoms with Gasteiger partial charge in [0.25, 0.3) is 17.3 Å². The highest BCUT2D eigenvalue weighted by Gasteiger charge is 2.20. The van der Waals surface area contributed by atoms with Crippen LogP contribution in [0.5, 0.6) is 5.75 Å². The van der Waals surface area contributed by atoms with Gasteiger partial charge >= 0.3 is 0 Å². The lowest BCUT2D eigenvalue weighted by atomic mass is 10.1. The zero-order valence-electron chi connectivity index (χ0n) is 17.1. The van der Waals surface area contributed by atoms with Crippen LogP contribution in [0.15, 0.2) is 52.5 Å². The minimum absolute atomic E-state index is 0.0937. The second-order valence-corrected chi connectivity index (χ2v) is 7.32. The normalized spacial score (nSPS) is 10.9. The number of methoxy groups -OCH3 is 1. The van der Waals surface area contributed by atoms with Crippen molar-refractivity contribution in [2.75, 3.05) is 12.4 Å². The number of rotatable bonds is 7. The first-order chi connectivity index (χ1) is 16.1. The smallest absolute Gasteiger partial charge is 0.272 e. The zero-order valence-corrected chi connectivity index (χ0v) is 18.6. The van der Waals surface area contributed by atoms with Gasteiger partial charge in [0.2, 0.25) is 0 Å². The molecule has 0 aliphatic heterocycles. The van der Waals surface area contributed by atoms with Crippen molar-refractivity contribution in [1.82, 2.24) is 0 Å². The number of carbonyl (C=O) groups excluding carboxylic acids is 1. The van der Waals surface area contributed by atoms with Crippen LogP contribution in [0, 0.1) is 31.6 Å². The molecule has 0 bridgehead atoms. The Kier molecular flexibility index (Phi) is 7.15. The molecule has 1 amide bonds. The predicted molar refractivity (Wildman–Crippen MR) is 123 cm³/mol. The molecule has 1 heterocycles. The van der Waals surface area contributed by atoms with Gasteiger partial charge in [0, 0.05) is 30.3 Å². The number of hydrogen-bond acceptors (Lipinski definition) is 8. The molecule has 0 atom stereocenters. The summed E-state index contributed by atoms with van der Waals surface area (Å²) in [5.74, 6) is -0.288. The topological polar surface area (TPSA) is 162 Å². The van der Waals surface area contributed by atoms with Crippen LogP contribution in [0.3, 0.4) is 0 Å². The number of nitrogens with zero attached hydrogens (tertiary/aromatic N) is 3. The molecule has 0 saturated carbocycles. The number of carbonyl (C=O) groups is 1. The summed E-state index contributed by atoms with van der Waals surface area (Å²) in [5, 5.41) is 33.4. The lowest BCUT2D eigenvalue weighted by molar-refractivity contribution is -0.385. The summed E-state index contributed by atoms with van der Waals surface area (Å²) in [7, 11) is 1.39. The molecule has 0 unspecified atom stereocenters. The summed E-state index contributed by atoms with van der Waals surface area (Å²) in [6, 6.07) is 10.6. The fourth-order valence-corrected chi connectivity index (χ4v) is 3.40. The third-order valence-corrected chi connectivity index (χ3v) is 5.01. The molecule has 1 N–H and O–H groups in total. The molecule has 0 spiro atoms. The standard InChI is InChI=1S/C21H12Cl2N4O7/c1-33-18-4-2-12(26(29)30)7-15(18)19-5-3-14(34-19)6-11(10-24)21(28)25-20-16(22)8-13(27(31)32)9-17(20)23/h2-9H,1H3,(H,25,28)/b11-6+. The van der Waals surface area contributed by atoms with Crippen LogP contribution >= 0.6 is 23.2 Å². The average molecular weight is 503 g/mol. The molecule has 3 aromatic rings. The number of anilines is 1. The van der Waals surface area contributed by atoms with Crippen molar-refractivity contribution in [2.24, 2.45) is 0 Å². The van der Waals surface area contributed by atoms with Crippen LogP contribution in [-0.4, -0.2) is 22.9 Å². The highest BCUT2D eigenvalue weighted by atomic mass is 35.5. The van der Waals surface area contributed by atoms with E-state index in [-0.39, 0.29) is 38.6 Å². The summed E-state index contributed by atoms with van der Waals surface area (Å²) < 4.78 is 10.8. The Hall–Kier alpha value is -4.40. The Morgan fingerprint density at radius 2 is 1.74 bits per heavy atom. The summed E-state index contributed by atoms with van der Waals surface area (Å²) in [6.07, 6.45) is 1.13. The number of non-ortho nitro benzene ring substituents is 2. The second kappa shape index (κ2) is 10.0. The molecular weight excluding hydrogens is 491 g/mol. The molecule has 0 aliphatic rings. The van der Waals surface area contributed by atoms with Crippen LogP contribution in [0.25, 0.3) is 17.4 Å². The van der Waals surface area contributed by atoms with Gasteiger partial charge in [0.05, 0.1) is 38.3 Å². The number of nitriles is 1. The molecule has 2 aromatic carbocycles. The predicted octanol–water partition coefficient (Wildman–Crippen LogP) is 5.62. The lowest BCUT2D eigenvalue weighted by Gasteiger charge is -2.08. The SMILES string of the molecule is COc1ccc([N+](=O)[O-])cc1-c1ccc(/C=C(\C#N)C(=O)Nc2c(Cl)cc([N+](=O)[O-])cc2Cl)o1. The number of ether oxygens (including phenoxy) is 1. The number of halogens is 2. The minimum Gasteiger partial charge on any atom is -0.496 e. The van der Waals surface area contributed by atoms with Crippen molar-refractivity contribution in [2.45, 2.75) is 0 Å². The maximum absolute atomic E-state index is 12.6. The van der Waals surface area contributed by atoms with E-state index in [2.05, 4.69) is 5.32 Å². The third-order valence-electron chi connectivity index (χ3n) is 4.41. The maximum atomic E-state index is 12.6. The van der Waals surface area contributed by atoms with Crippen LogP contribution in [0.4, 0.5) is 17.1 Å². The van der Waals surface area contributed by atoms with E-state index < -0.39 is 21.3 Å². The first kappa shape index (κ1) is 24.2. The van der Waals surface area contributed by atoms with Gasteiger partial charge in [-0.25, -0.2) is 0 Å². The monoisotopic (exact) mass is 502 g/mol. The van der Waals surface area contributed by atoms with E-state index in [0.717, 1.165) is 18.2 Å². The summed E-state index contributed by atoms with van der Waals surface area (Å²) in [5.41, 5.74) is -0.760. The van der Waals surface area contributed by atoms with E-state index >= 15 is 0 Å². The van der Waals surface area contributed by atoms with Crippen molar-refractivity contribution < 1.29 is 23.8 Å². The van der Waals surface area contributed by atoms with E-state index in [9.17, 15) is 30.3 Å². The van der Waals surface area contributed by atoms with Crippen molar-refractivity contribution in [3.63, 3.8) is 0 Å². The highest BCUT2D eigenvalue weighted by Crippen LogP contribution is 2.36.